The number of likely N-dealkylation sites (N-methyl/N-ethyl adjacent to an activating group) is 1. The van der Waals surface area contributed by atoms with Gasteiger partial charge in [-0.1, -0.05) is 6.07 Å². The predicted octanol–water partition coefficient (Wildman–Crippen LogP) is 4.85. The van der Waals surface area contributed by atoms with Crippen molar-refractivity contribution >= 4 is 23.9 Å². The summed E-state index contributed by atoms with van der Waals surface area (Å²) in [5.74, 6) is -10.2. The number of carboxylic acids is 4. The van der Waals surface area contributed by atoms with Gasteiger partial charge in [0.1, 0.15) is 0 Å². The first-order chi connectivity index (χ1) is 22.8. The first kappa shape index (κ1) is 49.2. The number of halogens is 12. The monoisotopic (exact) mass is 772 g/mol. The molecule has 296 valence electrons. The quantitative estimate of drug-likeness (QED) is 0.301. The number of aromatic nitrogens is 1. The zero-order valence-corrected chi connectivity index (χ0v) is 27.1. The molecule has 2 fully saturated rings. The Hall–Kier alpha value is -3.93. The molecule has 12 nitrogen and oxygen atoms in total. The maximum atomic E-state index is 10.6. The van der Waals surface area contributed by atoms with E-state index < -0.39 is 48.6 Å². The van der Waals surface area contributed by atoms with Crippen LogP contribution in [0.15, 0.2) is 24.4 Å². The van der Waals surface area contributed by atoms with E-state index in [1.54, 1.807) is 0 Å². The van der Waals surface area contributed by atoms with Gasteiger partial charge in [0.15, 0.2) is 0 Å². The van der Waals surface area contributed by atoms with Crippen molar-refractivity contribution in [1.29, 1.82) is 0 Å². The topological polar surface area (TPSA) is 172 Å². The van der Waals surface area contributed by atoms with Crippen molar-refractivity contribution in [3.05, 3.63) is 30.1 Å². The second kappa shape index (κ2) is 20.8. The van der Waals surface area contributed by atoms with E-state index in [0.29, 0.717) is 6.04 Å². The predicted molar refractivity (Wildman–Crippen MR) is 150 cm³/mol. The number of alkyl halides is 12. The summed E-state index contributed by atoms with van der Waals surface area (Å²) in [5.41, 5.74) is 1.20. The molecule has 0 aliphatic carbocycles. The van der Waals surface area contributed by atoms with Gasteiger partial charge in [-0.2, -0.15) is 52.7 Å². The lowest BCUT2D eigenvalue weighted by Gasteiger charge is -2.40. The Morgan fingerprint density at radius 1 is 0.784 bits per heavy atom. The number of aliphatic carboxylic acids is 4. The van der Waals surface area contributed by atoms with E-state index >= 15 is 0 Å². The molecular weight excluding hydrogens is 736 g/mol. The molecule has 0 aromatic carbocycles. The molecule has 24 heteroatoms. The number of pyridine rings is 1. The van der Waals surface area contributed by atoms with Crippen molar-refractivity contribution in [2.24, 2.45) is 5.92 Å². The summed E-state index contributed by atoms with van der Waals surface area (Å²) in [6, 6.07) is 8.39. The Kier molecular flexibility index (Phi) is 20.1. The highest BCUT2D eigenvalue weighted by molar-refractivity contribution is 5.74. The summed E-state index contributed by atoms with van der Waals surface area (Å²) in [6.07, 6.45) is -15.8. The van der Waals surface area contributed by atoms with Crippen molar-refractivity contribution in [1.82, 2.24) is 19.7 Å². The fraction of sp³-hybridized carbons (Fsp3) is 0.667. The van der Waals surface area contributed by atoms with Crippen LogP contribution in [0.4, 0.5) is 52.7 Å². The Balaban J connectivity index is 0. The summed E-state index contributed by atoms with van der Waals surface area (Å²) in [6.45, 7) is 9.36. The molecule has 4 N–H and O–H groups in total. The molecule has 3 rings (SSSR count). The second-order valence-corrected chi connectivity index (χ2v) is 11.1. The van der Waals surface area contributed by atoms with Gasteiger partial charge in [-0.25, -0.2) is 19.2 Å². The van der Waals surface area contributed by atoms with Gasteiger partial charge in [-0.3, -0.25) is 14.8 Å². The molecule has 0 unspecified atom stereocenters. The molecule has 2 aliphatic rings. The number of hydrogen-bond donors (Lipinski definition) is 4. The Bertz CT molecular complexity index is 1130. The highest BCUT2D eigenvalue weighted by atomic mass is 19.4. The number of carbonyl (C=O) groups is 4. The van der Waals surface area contributed by atoms with Gasteiger partial charge in [-0.05, 0) is 58.8 Å². The maximum Gasteiger partial charge on any atom is 0.490 e. The van der Waals surface area contributed by atoms with Gasteiger partial charge in [0, 0.05) is 50.5 Å². The molecule has 0 saturated carbocycles. The van der Waals surface area contributed by atoms with Crippen LogP contribution in [-0.4, -0.2) is 141 Å². The zero-order chi connectivity index (χ0) is 40.7. The Labute approximate surface area is 282 Å². The van der Waals surface area contributed by atoms with Crippen molar-refractivity contribution in [2.45, 2.75) is 76.1 Å². The third-order valence-corrected chi connectivity index (χ3v) is 6.41. The molecule has 3 heterocycles. The number of likely N-dealkylation sites (tertiary alicyclic amines) is 2. The molecule has 0 bridgehead atoms. The molecule has 3 atom stereocenters. The molecule has 0 amide bonds. The van der Waals surface area contributed by atoms with Crippen molar-refractivity contribution in [2.75, 3.05) is 33.7 Å². The smallest absolute Gasteiger partial charge is 0.475 e. The highest BCUT2D eigenvalue weighted by Gasteiger charge is 2.45. The Morgan fingerprint density at radius 3 is 1.47 bits per heavy atom. The Morgan fingerprint density at radius 2 is 1.18 bits per heavy atom. The summed E-state index contributed by atoms with van der Waals surface area (Å²) >= 11 is 0. The number of piperidine rings is 1. The van der Waals surface area contributed by atoms with E-state index in [1.807, 2.05) is 12.3 Å². The van der Waals surface area contributed by atoms with Crippen LogP contribution in [-0.2, 0) is 25.7 Å². The zero-order valence-electron chi connectivity index (χ0n) is 27.1. The van der Waals surface area contributed by atoms with E-state index in [9.17, 15) is 52.7 Å². The first-order valence-electron chi connectivity index (χ1n) is 14.1. The van der Waals surface area contributed by atoms with E-state index in [-0.39, 0.29) is 0 Å². The number of carboxylic acid groups (broad SMARTS) is 4. The van der Waals surface area contributed by atoms with Crippen LogP contribution in [0, 0.1) is 5.92 Å². The minimum atomic E-state index is -5.08. The largest absolute Gasteiger partial charge is 0.490 e. The highest BCUT2D eigenvalue weighted by Crippen LogP contribution is 2.37. The van der Waals surface area contributed by atoms with Gasteiger partial charge >= 0.3 is 48.6 Å². The fourth-order valence-corrected chi connectivity index (χ4v) is 4.72. The van der Waals surface area contributed by atoms with Crippen LogP contribution in [0.1, 0.15) is 32.4 Å². The van der Waals surface area contributed by atoms with Crippen molar-refractivity contribution in [3.8, 4) is 0 Å². The normalized spacial score (nSPS) is 19.5. The SMILES string of the molecule is CC(C)N1[C@H](CN(C)C)C[C@@H]2CN(Cc3ccccn3)CC[C@@H]21.O=C(O)C(F)(F)F.O=C(O)C(F)(F)F.O=C(O)C(F)(F)F.O=C(O)C(F)(F)F. The van der Waals surface area contributed by atoms with Gasteiger partial charge in [-0.15, -0.1) is 0 Å². The van der Waals surface area contributed by atoms with Crippen molar-refractivity contribution < 1.29 is 92.3 Å². The van der Waals surface area contributed by atoms with Crippen LogP contribution >= 0.6 is 0 Å². The number of hydrogen-bond acceptors (Lipinski definition) is 8. The average Bonchev–Trinajstić information content (AvgIpc) is 3.29. The van der Waals surface area contributed by atoms with Crippen molar-refractivity contribution in [3.63, 3.8) is 0 Å². The maximum absolute atomic E-state index is 10.6. The molecule has 0 spiro atoms. The fourth-order valence-electron chi connectivity index (χ4n) is 4.72. The summed E-state index contributed by atoms with van der Waals surface area (Å²) < 4.78 is 127. The average molecular weight is 773 g/mol. The first-order valence-corrected chi connectivity index (χ1v) is 14.1. The van der Waals surface area contributed by atoms with Crippen LogP contribution in [0.25, 0.3) is 0 Å². The lowest BCUT2D eigenvalue weighted by atomic mass is 9.91. The van der Waals surface area contributed by atoms with Crippen LogP contribution in [0.2, 0.25) is 0 Å². The molecule has 51 heavy (non-hydrogen) atoms. The second-order valence-electron chi connectivity index (χ2n) is 11.1. The van der Waals surface area contributed by atoms with E-state index in [4.69, 9.17) is 39.6 Å². The minimum absolute atomic E-state index is 0.650. The molecular formula is C27H36F12N4O8. The molecule has 1 aromatic heterocycles. The van der Waals surface area contributed by atoms with Crippen LogP contribution in [0.5, 0.6) is 0 Å². The third-order valence-electron chi connectivity index (χ3n) is 6.41. The van der Waals surface area contributed by atoms with E-state index in [0.717, 1.165) is 24.5 Å². The molecule has 0 radical (unpaired) electrons. The van der Waals surface area contributed by atoms with E-state index in [1.165, 1.54) is 38.2 Å². The molecule has 1 aromatic rings. The lowest BCUT2D eigenvalue weighted by molar-refractivity contribution is -0.193. The number of nitrogens with zero attached hydrogens (tertiary/aromatic N) is 4. The third kappa shape index (κ3) is 21.1. The van der Waals surface area contributed by atoms with Gasteiger partial charge in [0.05, 0.1) is 5.69 Å². The number of fused-ring (bicyclic) bond motifs is 1. The number of rotatable bonds is 5. The van der Waals surface area contributed by atoms with Crippen LogP contribution < -0.4 is 0 Å². The summed E-state index contributed by atoms with van der Waals surface area (Å²) in [5, 5.41) is 28.5. The lowest BCUT2D eigenvalue weighted by Crippen LogP contribution is -2.50. The van der Waals surface area contributed by atoms with Gasteiger partial charge < -0.3 is 25.3 Å². The minimum Gasteiger partial charge on any atom is -0.475 e. The van der Waals surface area contributed by atoms with E-state index in [2.05, 4.69) is 59.8 Å². The summed E-state index contributed by atoms with van der Waals surface area (Å²) in [4.78, 5) is 47.9. The standard InChI is InChI=1S/C19H32N4.4C2HF3O2/c1-15(2)23-18(14-21(3)4)11-16-12-22(10-8-19(16)23)13-17-7-5-6-9-20-17;4*3-2(4,5)1(6)7/h5-7,9,15-16,18-19H,8,10-14H2,1-4H3;4*(H,6,7)/t16-,18+,19+;;;;/m1..../s1. The van der Waals surface area contributed by atoms with Gasteiger partial charge in [0.25, 0.3) is 0 Å². The van der Waals surface area contributed by atoms with Crippen LogP contribution in [0.3, 0.4) is 0 Å². The van der Waals surface area contributed by atoms with Gasteiger partial charge in [0.2, 0.25) is 0 Å². The molecule has 2 saturated heterocycles. The molecule has 2 aliphatic heterocycles. The summed E-state index contributed by atoms with van der Waals surface area (Å²) in [7, 11) is 4.40.